The summed E-state index contributed by atoms with van der Waals surface area (Å²) in [5.41, 5.74) is 0. The van der Waals surface area contributed by atoms with Gasteiger partial charge in [-0.05, 0) is 13.0 Å². The molecule has 0 aliphatic heterocycles. The fraction of sp³-hybridized carbons (Fsp3) is 0.800. The van der Waals surface area contributed by atoms with Gasteiger partial charge in [-0.3, -0.25) is 4.79 Å². The number of hydrogen-bond acceptors (Lipinski definition) is 5. The van der Waals surface area contributed by atoms with Crippen LogP contribution in [0.2, 0.25) is 0 Å². The Hall–Kier alpha value is -1.18. The first kappa shape index (κ1) is 15.8. The minimum absolute atomic E-state index is 0.00293. The van der Waals surface area contributed by atoms with Crippen molar-refractivity contribution in [1.29, 1.82) is 0 Å². The number of amides is 1. The Balaban J connectivity index is 3.55. The van der Waals surface area contributed by atoms with Crippen LogP contribution in [0, 0.1) is 0 Å². The van der Waals surface area contributed by atoms with Crippen LogP contribution in [0.3, 0.4) is 0 Å². The quantitative estimate of drug-likeness (QED) is 0.353. The lowest BCUT2D eigenvalue weighted by Gasteiger charge is -2.13. The molecule has 0 bridgehead atoms. The molecule has 1 unspecified atom stereocenters. The Labute approximate surface area is 100 Å². The zero-order chi connectivity index (χ0) is 13.1. The van der Waals surface area contributed by atoms with E-state index in [-0.39, 0.29) is 19.1 Å². The largest absolute Gasteiger partial charge is 0.480 e. The highest BCUT2D eigenvalue weighted by Gasteiger charge is 2.17. The summed E-state index contributed by atoms with van der Waals surface area (Å²) in [7, 11) is 0. The molecule has 0 aromatic carbocycles. The first-order valence-corrected chi connectivity index (χ1v) is 5.47. The van der Waals surface area contributed by atoms with Gasteiger partial charge in [0.25, 0.3) is 0 Å². The van der Waals surface area contributed by atoms with Crippen LogP contribution < -0.4 is 10.6 Å². The summed E-state index contributed by atoms with van der Waals surface area (Å²) in [6.45, 7) is 2.86. The van der Waals surface area contributed by atoms with Crippen molar-refractivity contribution in [3.8, 4) is 0 Å². The van der Waals surface area contributed by atoms with E-state index in [0.29, 0.717) is 26.2 Å². The summed E-state index contributed by atoms with van der Waals surface area (Å²) >= 11 is 0. The number of aliphatic carboxylic acids is 1. The van der Waals surface area contributed by atoms with Crippen LogP contribution in [-0.4, -0.2) is 61.0 Å². The molecule has 7 heteroatoms. The zero-order valence-electron chi connectivity index (χ0n) is 9.94. The van der Waals surface area contributed by atoms with E-state index in [1.807, 2.05) is 0 Å². The van der Waals surface area contributed by atoms with Gasteiger partial charge in [0.05, 0.1) is 13.2 Å². The van der Waals surface area contributed by atoms with Crippen molar-refractivity contribution in [2.75, 3.05) is 32.9 Å². The van der Waals surface area contributed by atoms with E-state index in [1.54, 1.807) is 0 Å². The summed E-state index contributed by atoms with van der Waals surface area (Å²) in [6, 6.07) is -0.911. The van der Waals surface area contributed by atoms with Crippen molar-refractivity contribution in [1.82, 2.24) is 10.6 Å². The molecule has 1 atom stereocenters. The number of carbonyl (C=O) groups excluding carboxylic acids is 1. The molecule has 4 N–H and O–H groups in total. The minimum Gasteiger partial charge on any atom is -0.480 e. The minimum atomic E-state index is -1.07. The van der Waals surface area contributed by atoms with Crippen molar-refractivity contribution >= 4 is 11.9 Å². The first-order chi connectivity index (χ1) is 8.07. The second-order valence-corrected chi connectivity index (χ2v) is 3.49. The molecule has 0 aliphatic rings. The van der Waals surface area contributed by atoms with E-state index in [1.165, 1.54) is 6.92 Å². The van der Waals surface area contributed by atoms with E-state index in [4.69, 9.17) is 14.9 Å². The third-order valence-electron chi connectivity index (χ3n) is 1.90. The van der Waals surface area contributed by atoms with Gasteiger partial charge >= 0.3 is 5.97 Å². The van der Waals surface area contributed by atoms with Crippen LogP contribution in [0.1, 0.15) is 13.3 Å². The summed E-state index contributed by atoms with van der Waals surface area (Å²) < 4.78 is 5.03. The molecule has 0 heterocycles. The van der Waals surface area contributed by atoms with E-state index in [2.05, 4.69) is 10.6 Å². The van der Waals surface area contributed by atoms with Crippen LogP contribution in [0.5, 0.6) is 0 Å². The Kier molecular flexibility index (Phi) is 9.31. The van der Waals surface area contributed by atoms with Crippen molar-refractivity contribution in [3.05, 3.63) is 0 Å². The third kappa shape index (κ3) is 9.73. The Morgan fingerprint density at radius 2 is 2.06 bits per heavy atom. The SMILES string of the molecule is CC(=O)NC(CNCCCOCCO)C(=O)O. The van der Waals surface area contributed by atoms with Gasteiger partial charge in [0.1, 0.15) is 6.04 Å². The highest BCUT2D eigenvalue weighted by molar-refractivity contribution is 5.82. The first-order valence-electron chi connectivity index (χ1n) is 5.47. The fourth-order valence-electron chi connectivity index (χ4n) is 1.16. The van der Waals surface area contributed by atoms with Gasteiger partial charge in [0.2, 0.25) is 5.91 Å². The van der Waals surface area contributed by atoms with Gasteiger partial charge in [-0.25, -0.2) is 4.79 Å². The maximum absolute atomic E-state index is 10.7. The van der Waals surface area contributed by atoms with Gasteiger partial charge in [0.15, 0.2) is 0 Å². The number of hydrogen-bond donors (Lipinski definition) is 4. The topological polar surface area (TPSA) is 108 Å². The highest BCUT2D eigenvalue weighted by Crippen LogP contribution is 1.85. The van der Waals surface area contributed by atoms with Crippen molar-refractivity contribution in [3.63, 3.8) is 0 Å². The van der Waals surface area contributed by atoms with E-state index in [9.17, 15) is 9.59 Å². The number of aliphatic hydroxyl groups excluding tert-OH is 1. The van der Waals surface area contributed by atoms with E-state index in [0.717, 1.165) is 0 Å². The molecule has 17 heavy (non-hydrogen) atoms. The molecule has 0 saturated carbocycles. The Bertz CT molecular complexity index is 235. The summed E-state index contributed by atoms with van der Waals surface area (Å²) in [6.07, 6.45) is 0.715. The molecule has 0 saturated heterocycles. The van der Waals surface area contributed by atoms with Crippen LogP contribution in [-0.2, 0) is 14.3 Å². The Morgan fingerprint density at radius 3 is 2.59 bits per heavy atom. The predicted octanol–water partition coefficient (Wildman–Crippen LogP) is -1.44. The number of carboxylic acids is 1. The molecule has 100 valence electrons. The average molecular weight is 248 g/mol. The van der Waals surface area contributed by atoms with Crippen molar-refractivity contribution < 1.29 is 24.5 Å². The van der Waals surface area contributed by atoms with Crippen LogP contribution in [0.4, 0.5) is 0 Å². The van der Waals surface area contributed by atoms with Crippen molar-refractivity contribution in [2.45, 2.75) is 19.4 Å². The second kappa shape index (κ2) is 10.0. The molecule has 0 aromatic rings. The molecule has 0 spiro atoms. The van der Waals surface area contributed by atoms with Gasteiger partial charge in [-0.2, -0.15) is 0 Å². The number of nitrogens with one attached hydrogen (secondary N) is 2. The lowest BCUT2D eigenvalue weighted by atomic mass is 10.3. The van der Waals surface area contributed by atoms with E-state index >= 15 is 0 Å². The monoisotopic (exact) mass is 248 g/mol. The second-order valence-electron chi connectivity index (χ2n) is 3.49. The smallest absolute Gasteiger partial charge is 0.327 e. The van der Waals surface area contributed by atoms with Gasteiger partial charge in [-0.1, -0.05) is 0 Å². The normalized spacial score (nSPS) is 12.1. The average Bonchev–Trinajstić information content (AvgIpc) is 2.25. The number of aliphatic hydroxyl groups is 1. The van der Waals surface area contributed by atoms with E-state index < -0.39 is 12.0 Å². The van der Waals surface area contributed by atoms with Gasteiger partial charge in [0, 0.05) is 20.1 Å². The van der Waals surface area contributed by atoms with Crippen LogP contribution in [0.25, 0.3) is 0 Å². The number of rotatable bonds is 10. The summed E-state index contributed by atoms with van der Waals surface area (Å²) in [4.78, 5) is 21.5. The van der Waals surface area contributed by atoms with Crippen molar-refractivity contribution in [2.24, 2.45) is 0 Å². The summed E-state index contributed by atoms with van der Waals surface area (Å²) in [5, 5.41) is 22.5. The highest BCUT2D eigenvalue weighted by atomic mass is 16.5. The fourth-order valence-corrected chi connectivity index (χ4v) is 1.16. The lowest BCUT2D eigenvalue weighted by Crippen LogP contribution is -2.46. The number of carboxylic acid groups (broad SMARTS) is 1. The molecule has 0 radical (unpaired) electrons. The molecule has 0 rings (SSSR count). The van der Waals surface area contributed by atoms with Gasteiger partial charge in [-0.15, -0.1) is 0 Å². The number of ether oxygens (including phenoxy) is 1. The Morgan fingerprint density at radius 1 is 1.35 bits per heavy atom. The lowest BCUT2D eigenvalue weighted by molar-refractivity contribution is -0.141. The maximum atomic E-state index is 10.7. The number of carbonyl (C=O) groups is 2. The maximum Gasteiger partial charge on any atom is 0.327 e. The molecule has 1 amide bonds. The third-order valence-corrected chi connectivity index (χ3v) is 1.90. The zero-order valence-corrected chi connectivity index (χ0v) is 9.94. The molecule has 0 aromatic heterocycles. The molecular formula is C10H20N2O5. The molecule has 0 aliphatic carbocycles. The molecule has 7 nitrogen and oxygen atoms in total. The summed E-state index contributed by atoms with van der Waals surface area (Å²) in [5.74, 6) is -1.44. The van der Waals surface area contributed by atoms with Crippen LogP contribution >= 0.6 is 0 Å². The van der Waals surface area contributed by atoms with Gasteiger partial charge < -0.3 is 25.6 Å². The predicted molar refractivity (Wildman–Crippen MR) is 60.6 cm³/mol. The molecular weight excluding hydrogens is 228 g/mol. The standard InChI is InChI=1S/C10H20N2O5/c1-8(14)12-9(10(15)16)7-11-3-2-5-17-6-4-13/h9,11,13H,2-7H2,1H3,(H,12,14)(H,15,16). The van der Waals surface area contributed by atoms with Crippen LogP contribution in [0.15, 0.2) is 0 Å². The molecule has 0 fully saturated rings.